The summed E-state index contributed by atoms with van der Waals surface area (Å²) in [7, 11) is 0. The molecular weight excluding hydrogens is 178 g/mol. The zero-order valence-corrected chi connectivity index (χ0v) is 8.15. The van der Waals surface area contributed by atoms with Crippen molar-refractivity contribution in [1.29, 1.82) is 0 Å². The van der Waals surface area contributed by atoms with Crippen LogP contribution in [0.25, 0.3) is 0 Å². The third kappa shape index (κ3) is 2.20. The number of aromatic nitrogens is 2. The molecule has 1 saturated heterocycles. The first-order valence-electron chi connectivity index (χ1n) is 5.08. The number of rotatable bonds is 2. The molecule has 2 rings (SSSR count). The highest BCUT2D eigenvalue weighted by molar-refractivity contribution is 4.82. The molecule has 0 bridgehead atoms. The molecule has 1 aromatic rings. The Balaban J connectivity index is 2.03. The van der Waals surface area contributed by atoms with Crippen molar-refractivity contribution in [3.63, 3.8) is 0 Å². The van der Waals surface area contributed by atoms with Crippen LogP contribution in [0.15, 0.2) is 23.3 Å². The Hall–Kier alpha value is -1.16. The van der Waals surface area contributed by atoms with E-state index in [0.717, 1.165) is 19.6 Å². The van der Waals surface area contributed by atoms with E-state index in [1.165, 1.54) is 19.0 Å². The molecular formula is C10H15N3O. The standard InChI is InChI=1S/C10H15N3O/c14-10-12-5-2-6-13(10)8-9-3-1-4-11-7-9/h2,5-6,9,11H,1,3-4,7-8H2. The van der Waals surface area contributed by atoms with Crippen LogP contribution in [0.1, 0.15) is 12.8 Å². The predicted molar refractivity (Wildman–Crippen MR) is 54.1 cm³/mol. The Morgan fingerprint density at radius 3 is 3.29 bits per heavy atom. The van der Waals surface area contributed by atoms with E-state index in [-0.39, 0.29) is 5.69 Å². The number of nitrogens with one attached hydrogen (secondary N) is 1. The molecule has 1 aromatic heterocycles. The van der Waals surface area contributed by atoms with E-state index >= 15 is 0 Å². The SMILES string of the molecule is O=c1ncccn1CC1CCCNC1. The second kappa shape index (κ2) is 4.37. The Kier molecular flexibility index (Phi) is 2.93. The molecule has 14 heavy (non-hydrogen) atoms. The van der Waals surface area contributed by atoms with Gasteiger partial charge in [0, 0.05) is 18.9 Å². The Bertz CT molecular complexity index is 341. The Morgan fingerprint density at radius 1 is 1.64 bits per heavy atom. The summed E-state index contributed by atoms with van der Waals surface area (Å²) in [5.41, 5.74) is -0.141. The molecule has 4 nitrogen and oxygen atoms in total. The first kappa shape index (κ1) is 9.40. The van der Waals surface area contributed by atoms with E-state index in [2.05, 4.69) is 10.3 Å². The first-order chi connectivity index (χ1) is 6.86. The number of piperidine rings is 1. The molecule has 1 unspecified atom stereocenters. The lowest BCUT2D eigenvalue weighted by Gasteiger charge is -2.22. The largest absolute Gasteiger partial charge is 0.347 e. The lowest BCUT2D eigenvalue weighted by atomic mass is 10.00. The first-order valence-corrected chi connectivity index (χ1v) is 5.08. The van der Waals surface area contributed by atoms with Crippen LogP contribution < -0.4 is 11.0 Å². The third-order valence-electron chi connectivity index (χ3n) is 2.64. The maximum absolute atomic E-state index is 11.3. The monoisotopic (exact) mass is 193 g/mol. The third-order valence-corrected chi connectivity index (χ3v) is 2.64. The van der Waals surface area contributed by atoms with Crippen molar-refractivity contribution >= 4 is 0 Å². The van der Waals surface area contributed by atoms with Crippen molar-refractivity contribution in [2.75, 3.05) is 13.1 Å². The predicted octanol–water partition coefficient (Wildman–Crippen LogP) is 0.243. The van der Waals surface area contributed by atoms with Crippen molar-refractivity contribution < 1.29 is 0 Å². The van der Waals surface area contributed by atoms with Gasteiger partial charge < -0.3 is 5.32 Å². The van der Waals surface area contributed by atoms with Crippen molar-refractivity contribution in [3.8, 4) is 0 Å². The molecule has 2 heterocycles. The van der Waals surface area contributed by atoms with Crippen molar-refractivity contribution in [2.45, 2.75) is 19.4 Å². The van der Waals surface area contributed by atoms with Crippen LogP contribution in [0.5, 0.6) is 0 Å². The molecule has 1 aliphatic rings. The summed E-state index contributed by atoms with van der Waals surface area (Å²) in [5, 5.41) is 3.34. The summed E-state index contributed by atoms with van der Waals surface area (Å²) in [6.45, 7) is 2.92. The van der Waals surface area contributed by atoms with E-state index in [1.54, 1.807) is 10.6 Å². The highest BCUT2D eigenvalue weighted by atomic mass is 16.1. The molecule has 0 amide bonds. The smallest absolute Gasteiger partial charge is 0.316 e. The summed E-state index contributed by atoms with van der Waals surface area (Å²) in [4.78, 5) is 15.1. The molecule has 1 N–H and O–H groups in total. The maximum Gasteiger partial charge on any atom is 0.347 e. The zero-order valence-electron chi connectivity index (χ0n) is 8.15. The van der Waals surface area contributed by atoms with Gasteiger partial charge in [0.25, 0.3) is 0 Å². The van der Waals surface area contributed by atoms with Crippen LogP contribution >= 0.6 is 0 Å². The number of hydrogen-bond donors (Lipinski definition) is 1. The van der Waals surface area contributed by atoms with E-state index in [0.29, 0.717) is 5.92 Å². The molecule has 0 aromatic carbocycles. The molecule has 0 radical (unpaired) electrons. The van der Waals surface area contributed by atoms with E-state index in [9.17, 15) is 4.79 Å². The molecule has 1 fully saturated rings. The topological polar surface area (TPSA) is 46.9 Å². The van der Waals surface area contributed by atoms with Gasteiger partial charge in [0.05, 0.1) is 0 Å². The zero-order chi connectivity index (χ0) is 9.80. The van der Waals surface area contributed by atoms with Crippen molar-refractivity contribution in [3.05, 3.63) is 28.9 Å². The van der Waals surface area contributed by atoms with Gasteiger partial charge in [-0.1, -0.05) is 0 Å². The summed E-state index contributed by atoms with van der Waals surface area (Å²) in [5.74, 6) is 0.575. The summed E-state index contributed by atoms with van der Waals surface area (Å²) in [6, 6.07) is 1.80. The lowest BCUT2D eigenvalue weighted by Crippen LogP contribution is -2.35. The number of hydrogen-bond acceptors (Lipinski definition) is 3. The van der Waals surface area contributed by atoms with Crippen LogP contribution in [0.3, 0.4) is 0 Å². The maximum atomic E-state index is 11.3. The highest BCUT2D eigenvalue weighted by Crippen LogP contribution is 2.10. The second-order valence-corrected chi connectivity index (χ2v) is 3.77. The fourth-order valence-corrected chi connectivity index (χ4v) is 1.88. The summed E-state index contributed by atoms with van der Waals surface area (Å²) in [6.07, 6.45) is 5.76. The van der Waals surface area contributed by atoms with Crippen molar-refractivity contribution in [2.24, 2.45) is 5.92 Å². The van der Waals surface area contributed by atoms with Crippen LogP contribution in [0, 0.1) is 5.92 Å². The van der Waals surface area contributed by atoms with E-state index in [4.69, 9.17) is 0 Å². The lowest BCUT2D eigenvalue weighted by molar-refractivity contribution is 0.332. The van der Waals surface area contributed by atoms with Crippen LogP contribution in [0.2, 0.25) is 0 Å². The molecule has 0 spiro atoms. The van der Waals surface area contributed by atoms with Gasteiger partial charge in [-0.3, -0.25) is 4.57 Å². The van der Waals surface area contributed by atoms with Crippen LogP contribution in [0.4, 0.5) is 0 Å². The minimum Gasteiger partial charge on any atom is -0.316 e. The van der Waals surface area contributed by atoms with Gasteiger partial charge in [0.15, 0.2) is 0 Å². The molecule has 1 atom stereocenters. The van der Waals surface area contributed by atoms with Gasteiger partial charge in [0.1, 0.15) is 0 Å². The average molecular weight is 193 g/mol. The fourth-order valence-electron chi connectivity index (χ4n) is 1.88. The van der Waals surface area contributed by atoms with Gasteiger partial charge in [0.2, 0.25) is 0 Å². The summed E-state index contributed by atoms with van der Waals surface area (Å²) < 4.78 is 1.69. The van der Waals surface area contributed by atoms with E-state index < -0.39 is 0 Å². The fraction of sp³-hybridized carbons (Fsp3) is 0.600. The minimum atomic E-state index is -0.141. The second-order valence-electron chi connectivity index (χ2n) is 3.77. The molecule has 1 aliphatic heterocycles. The summed E-state index contributed by atoms with van der Waals surface area (Å²) >= 11 is 0. The highest BCUT2D eigenvalue weighted by Gasteiger charge is 2.13. The quantitative estimate of drug-likeness (QED) is 0.732. The van der Waals surface area contributed by atoms with E-state index in [1.807, 2.05) is 6.20 Å². The van der Waals surface area contributed by atoms with Crippen LogP contribution in [-0.4, -0.2) is 22.6 Å². The normalized spacial score (nSPS) is 22.1. The van der Waals surface area contributed by atoms with Gasteiger partial charge in [-0.25, -0.2) is 9.78 Å². The molecule has 4 heteroatoms. The van der Waals surface area contributed by atoms with Gasteiger partial charge in [-0.2, -0.15) is 0 Å². The van der Waals surface area contributed by atoms with Crippen molar-refractivity contribution in [1.82, 2.24) is 14.9 Å². The Labute approximate surface area is 83.0 Å². The van der Waals surface area contributed by atoms with Gasteiger partial charge in [-0.05, 0) is 37.9 Å². The number of nitrogens with zero attached hydrogens (tertiary/aromatic N) is 2. The molecule has 0 saturated carbocycles. The van der Waals surface area contributed by atoms with Gasteiger partial charge >= 0.3 is 5.69 Å². The Morgan fingerprint density at radius 2 is 2.57 bits per heavy atom. The average Bonchev–Trinajstić information content (AvgIpc) is 2.23. The van der Waals surface area contributed by atoms with Gasteiger partial charge in [-0.15, -0.1) is 0 Å². The minimum absolute atomic E-state index is 0.141. The molecule has 0 aliphatic carbocycles. The van der Waals surface area contributed by atoms with Crippen LogP contribution in [-0.2, 0) is 6.54 Å². The molecule has 76 valence electrons.